The van der Waals surface area contributed by atoms with Crippen molar-refractivity contribution in [3.05, 3.63) is 35.2 Å². The maximum absolute atomic E-state index is 9.56. The fourth-order valence-electron chi connectivity index (χ4n) is 1.95. The number of aromatic amines is 1. The Morgan fingerprint density at radius 3 is 3.18 bits per heavy atom. The molecule has 6 nitrogen and oxygen atoms in total. The number of H-pyrrole nitrogens is 1. The normalized spacial score (nSPS) is 17.8. The van der Waals surface area contributed by atoms with Gasteiger partial charge in [-0.2, -0.15) is 5.21 Å². The van der Waals surface area contributed by atoms with E-state index in [1.54, 1.807) is 7.48 Å². The molecule has 1 aliphatic heterocycles. The first kappa shape index (κ1) is 10.4. The summed E-state index contributed by atoms with van der Waals surface area (Å²) in [6.45, 7) is 0. The molecule has 0 bridgehead atoms. The van der Waals surface area contributed by atoms with Gasteiger partial charge < -0.3 is 9.76 Å². The van der Waals surface area contributed by atoms with E-state index in [4.69, 9.17) is 4.65 Å². The summed E-state index contributed by atoms with van der Waals surface area (Å²) >= 11 is 0. The zero-order valence-corrected chi connectivity index (χ0v) is 9.00. The Morgan fingerprint density at radius 1 is 1.41 bits per heavy atom. The second kappa shape index (κ2) is 4.27. The summed E-state index contributed by atoms with van der Waals surface area (Å²) in [5.41, 5.74) is 2.89. The van der Waals surface area contributed by atoms with Crippen molar-refractivity contribution in [2.24, 2.45) is 0 Å². The predicted octanol–water partition coefficient (Wildman–Crippen LogP) is -0.750. The summed E-state index contributed by atoms with van der Waals surface area (Å²) in [7, 11) is 1.60. The lowest BCUT2D eigenvalue weighted by atomic mass is 9.81. The van der Waals surface area contributed by atoms with Crippen molar-refractivity contribution in [1.82, 2.24) is 20.6 Å². The highest BCUT2D eigenvalue weighted by atomic mass is 16.6. The van der Waals surface area contributed by atoms with Gasteiger partial charge in [-0.15, -0.1) is 10.2 Å². The molecule has 0 aliphatic carbocycles. The molecule has 0 saturated heterocycles. The minimum Gasteiger partial charge on any atom is -0.407 e. The van der Waals surface area contributed by atoms with E-state index in [0.717, 1.165) is 23.0 Å². The van der Waals surface area contributed by atoms with Crippen LogP contribution in [-0.4, -0.2) is 33.2 Å². The number of aromatic nitrogens is 4. The molecule has 0 amide bonds. The van der Waals surface area contributed by atoms with Gasteiger partial charge in [0, 0.05) is 12.0 Å². The van der Waals surface area contributed by atoms with Crippen molar-refractivity contribution in [2.45, 2.75) is 19.1 Å². The molecule has 0 saturated carbocycles. The van der Waals surface area contributed by atoms with Crippen LogP contribution in [0.4, 0.5) is 0 Å². The van der Waals surface area contributed by atoms with Crippen LogP contribution in [0.5, 0.6) is 0 Å². The van der Waals surface area contributed by atoms with Gasteiger partial charge >= 0.3 is 7.48 Å². The smallest absolute Gasteiger partial charge is 0.334 e. The molecular formula is C10H10BN4O2. The van der Waals surface area contributed by atoms with Gasteiger partial charge in [0.15, 0.2) is 12.1 Å². The minimum absolute atomic E-state index is 0.682. The first-order valence-corrected chi connectivity index (χ1v) is 5.35. The Kier molecular flexibility index (Phi) is 2.62. The summed E-state index contributed by atoms with van der Waals surface area (Å²) in [4.78, 5) is 0. The van der Waals surface area contributed by atoms with Gasteiger partial charge in [-0.1, -0.05) is 29.0 Å². The van der Waals surface area contributed by atoms with E-state index < -0.39 is 6.29 Å². The van der Waals surface area contributed by atoms with Crippen molar-refractivity contribution < 1.29 is 9.76 Å². The van der Waals surface area contributed by atoms with Gasteiger partial charge in [0.05, 0.1) is 0 Å². The summed E-state index contributed by atoms with van der Waals surface area (Å²) < 4.78 is 5.08. The van der Waals surface area contributed by atoms with Crippen LogP contribution in [0, 0.1) is 0 Å². The molecule has 2 N–H and O–H groups in total. The molecule has 1 aromatic carbocycles. The topological polar surface area (TPSA) is 83.9 Å². The van der Waals surface area contributed by atoms with Gasteiger partial charge in [0.1, 0.15) is 0 Å². The molecule has 85 valence electrons. The maximum atomic E-state index is 9.56. The number of aliphatic hydroxyl groups is 1. The molecule has 2 heterocycles. The second-order valence-electron chi connectivity index (χ2n) is 3.85. The molecule has 0 spiro atoms. The quantitative estimate of drug-likeness (QED) is 0.676. The number of rotatable bonds is 3. The summed E-state index contributed by atoms with van der Waals surface area (Å²) in [5.74, 6) is 0.682. The highest BCUT2D eigenvalue weighted by Gasteiger charge is 2.24. The Morgan fingerprint density at radius 2 is 2.35 bits per heavy atom. The van der Waals surface area contributed by atoms with Crippen LogP contribution in [0.3, 0.4) is 0 Å². The SMILES string of the molecule is OC1O[B]c2c(CCc3nn[nH]n3)cccc21. The molecule has 3 rings (SSSR count). The monoisotopic (exact) mass is 229 g/mol. The average Bonchev–Trinajstić information content (AvgIpc) is 2.97. The van der Waals surface area contributed by atoms with E-state index in [9.17, 15) is 5.11 Å². The lowest BCUT2D eigenvalue weighted by Gasteiger charge is -2.06. The van der Waals surface area contributed by atoms with E-state index in [-0.39, 0.29) is 0 Å². The van der Waals surface area contributed by atoms with E-state index in [1.165, 1.54) is 0 Å². The van der Waals surface area contributed by atoms with Gasteiger partial charge in [-0.3, -0.25) is 0 Å². The predicted molar refractivity (Wildman–Crippen MR) is 59.5 cm³/mol. The van der Waals surface area contributed by atoms with E-state index in [2.05, 4.69) is 20.6 Å². The van der Waals surface area contributed by atoms with Crippen LogP contribution in [-0.2, 0) is 17.5 Å². The zero-order chi connectivity index (χ0) is 11.7. The third-order valence-corrected chi connectivity index (χ3v) is 2.82. The van der Waals surface area contributed by atoms with Gasteiger partial charge in [-0.25, -0.2) is 0 Å². The molecule has 7 heteroatoms. The highest BCUT2D eigenvalue weighted by Crippen LogP contribution is 2.19. The van der Waals surface area contributed by atoms with Gasteiger partial charge in [-0.05, 0) is 11.9 Å². The standard InChI is InChI=1S/C10H10BN4O2/c16-10-7-3-1-2-6(9(7)11-17-10)4-5-8-12-14-15-13-8/h1-3,10,16H,4-5H2,(H,12,13,14,15). The first-order valence-electron chi connectivity index (χ1n) is 5.35. The molecule has 17 heavy (non-hydrogen) atoms. The van der Waals surface area contributed by atoms with Crippen molar-refractivity contribution in [2.75, 3.05) is 0 Å². The Balaban J connectivity index is 1.80. The van der Waals surface area contributed by atoms with E-state index in [0.29, 0.717) is 12.2 Å². The summed E-state index contributed by atoms with van der Waals surface area (Å²) in [6, 6.07) is 5.79. The van der Waals surface area contributed by atoms with Crippen molar-refractivity contribution >= 4 is 12.9 Å². The second-order valence-corrected chi connectivity index (χ2v) is 3.85. The Hall–Kier alpha value is -1.73. The largest absolute Gasteiger partial charge is 0.407 e. The average molecular weight is 229 g/mol. The van der Waals surface area contributed by atoms with Crippen LogP contribution >= 0.6 is 0 Å². The number of aliphatic hydroxyl groups excluding tert-OH is 1. The number of fused-ring (bicyclic) bond motifs is 1. The number of tetrazole rings is 1. The molecular weight excluding hydrogens is 219 g/mol. The Bertz CT molecular complexity index is 517. The number of nitrogens with zero attached hydrogens (tertiary/aromatic N) is 3. The minimum atomic E-state index is -0.838. The molecule has 0 fully saturated rings. The molecule has 1 radical (unpaired) electrons. The zero-order valence-electron chi connectivity index (χ0n) is 9.00. The first-order chi connectivity index (χ1) is 8.34. The molecule has 1 aromatic heterocycles. The number of aryl methyl sites for hydroxylation is 2. The number of hydrogen-bond acceptors (Lipinski definition) is 5. The number of nitrogens with one attached hydrogen (secondary N) is 1. The lowest BCUT2D eigenvalue weighted by molar-refractivity contribution is -0.00794. The van der Waals surface area contributed by atoms with Gasteiger partial charge in [0.25, 0.3) is 0 Å². The van der Waals surface area contributed by atoms with E-state index >= 15 is 0 Å². The van der Waals surface area contributed by atoms with Gasteiger partial charge in [0.2, 0.25) is 0 Å². The van der Waals surface area contributed by atoms with Crippen molar-refractivity contribution in [3.63, 3.8) is 0 Å². The van der Waals surface area contributed by atoms with Crippen LogP contribution in [0.15, 0.2) is 18.2 Å². The molecule has 1 atom stereocenters. The number of benzene rings is 1. The number of hydrogen-bond donors (Lipinski definition) is 2. The fraction of sp³-hybridized carbons (Fsp3) is 0.300. The third kappa shape index (κ3) is 1.94. The molecule has 2 aromatic rings. The molecule has 1 unspecified atom stereocenters. The summed E-state index contributed by atoms with van der Waals surface area (Å²) in [6.07, 6.45) is 0.654. The third-order valence-electron chi connectivity index (χ3n) is 2.82. The van der Waals surface area contributed by atoms with Crippen molar-refractivity contribution in [3.8, 4) is 0 Å². The highest BCUT2D eigenvalue weighted by molar-refractivity contribution is 6.49. The fourth-order valence-corrected chi connectivity index (χ4v) is 1.95. The van der Waals surface area contributed by atoms with Crippen LogP contribution in [0.1, 0.15) is 23.2 Å². The van der Waals surface area contributed by atoms with Crippen LogP contribution in [0.25, 0.3) is 0 Å². The van der Waals surface area contributed by atoms with E-state index in [1.807, 2.05) is 18.2 Å². The van der Waals surface area contributed by atoms with Crippen molar-refractivity contribution in [1.29, 1.82) is 0 Å². The lowest BCUT2D eigenvalue weighted by Crippen LogP contribution is -2.18. The summed E-state index contributed by atoms with van der Waals surface area (Å²) in [5, 5.41) is 23.3. The Labute approximate surface area is 98.3 Å². The van der Waals surface area contributed by atoms with Crippen LogP contribution < -0.4 is 5.46 Å². The maximum Gasteiger partial charge on any atom is 0.334 e. The molecule has 1 aliphatic rings. The van der Waals surface area contributed by atoms with Crippen LogP contribution in [0.2, 0.25) is 0 Å².